The summed E-state index contributed by atoms with van der Waals surface area (Å²) >= 11 is 7.69. The SMILES string of the molecule is Clc1ccc(CSc2nc3ccccc3c3nc(CCc4c[nH]c5ccccc45)nn23)cc1. The summed E-state index contributed by atoms with van der Waals surface area (Å²) in [6.45, 7) is 0. The molecule has 0 aliphatic carbocycles. The van der Waals surface area contributed by atoms with Gasteiger partial charge >= 0.3 is 0 Å². The number of nitrogens with zero attached hydrogens (tertiary/aromatic N) is 4. The van der Waals surface area contributed by atoms with Crippen LogP contribution in [0.2, 0.25) is 5.02 Å². The quantitative estimate of drug-likeness (QED) is 0.224. The maximum atomic E-state index is 6.03. The van der Waals surface area contributed by atoms with Crippen LogP contribution in [-0.2, 0) is 18.6 Å². The van der Waals surface area contributed by atoms with E-state index in [9.17, 15) is 0 Å². The van der Waals surface area contributed by atoms with Gasteiger partial charge in [-0.2, -0.15) is 4.52 Å². The molecule has 0 saturated carbocycles. The minimum Gasteiger partial charge on any atom is -0.361 e. The van der Waals surface area contributed by atoms with Crippen molar-refractivity contribution < 1.29 is 0 Å². The first-order valence-electron chi connectivity index (χ1n) is 10.8. The standard InChI is InChI=1S/C26H20ClN5S/c27-19-12-9-17(10-13-19)16-33-26-29-23-8-4-2-6-21(23)25-30-24(31-32(25)26)14-11-18-15-28-22-7-3-1-5-20(18)22/h1-10,12-13,15,28H,11,14,16H2. The Hall–Kier alpha value is -3.35. The molecule has 3 aromatic carbocycles. The Balaban J connectivity index is 1.33. The maximum Gasteiger partial charge on any atom is 0.191 e. The smallest absolute Gasteiger partial charge is 0.191 e. The zero-order chi connectivity index (χ0) is 22.2. The molecular formula is C26H20ClN5S. The van der Waals surface area contributed by atoms with E-state index >= 15 is 0 Å². The summed E-state index contributed by atoms with van der Waals surface area (Å²) in [5, 5.41) is 8.71. The summed E-state index contributed by atoms with van der Waals surface area (Å²) in [5.41, 5.74) is 5.41. The Kier molecular flexibility index (Phi) is 5.24. The molecule has 0 amide bonds. The van der Waals surface area contributed by atoms with Crippen LogP contribution in [-0.4, -0.2) is 24.6 Å². The summed E-state index contributed by atoms with van der Waals surface area (Å²) in [5.74, 6) is 1.61. The van der Waals surface area contributed by atoms with Gasteiger partial charge in [-0.25, -0.2) is 9.97 Å². The average Bonchev–Trinajstić information content (AvgIpc) is 3.47. The molecule has 162 valence electrons. The molecule has 5 nitrogen and oxygen atoms in total. The lowest BCUT2D eigenvalue weighted by Gasteiger charge is -2.06. The Morgan fingerprint density at radius 1 is 0.848 bits per heavy atom. The number of rotatable bonds is 6. The molecule has 0 saturated heterocycles. The number of aromatic amines is 1. The van der Waals surface area contributed by atoms with Crippen LogP contribution in [0.5, 0.6) is 0 Å². The van der Waals surface area contributed by atoms with Crippen molar-refractivity contribution in [1.29, 1.82) is 0 Å². The summed E-state index contributed by atoms with van der Waals surface area (Å²) in [4.78, 5) is 13.2. The van der Waals surface area contributed by atoms with Crippen LogP contribution >= 0.6 is 23.4 Å². The van der Waals surface area contributed by atoms with Gasteiger partial charge in [0.25, 0.3) is 0 Å². The zero-order valence-electron chi connectivity index (χ0n) is 17.7. The van der Waals surface area contributed by atoms with Crippen molar-refractivity contribution in [3.8, 4) is 0 Å². The number of para-hydroxylation sites is 2. The third-order valence-corrected chi connectivity index (χ3v) is 7.02. The van der Waals surface area contributed by atoms with Gasteiger partial charge in [-0.3, -0.25) is 0 Å². The number of hydrogen-bond donors (Lipinski definition) is 1. The highest BCUT2D eigenvalue weighted by molar-refractivity contribution is 7.98. The van der Waals surface area contributed by atoms with Gasteiger partial charge in [0.1, 0.15) is 0 Å². The van der Waals surface area contributed by atoms with Crippen molar-refractivity contribution in [1.82, 2.24) is 24.6 Å². The number of hydrogen-bond acceptors (Lipinski definition) is 4. The summed E-state index contributed by atoms with van der Waals surface area (Å²) in [6.07, 6.45) is 3.73. The minimum absolute atomic E-state index is 0.742. The van der Waals surface area contributed by atoms with Gasteiger partial charge < -0.3 is 4.98 Å². The van der Waals surface area contributed by atoms with Crippen molar-refractivity contribution >= 4 is 50.8 Å². The number of H-pyrrole nitrogens is 1. The first-order chi connectivity index (χ1) is 16.2. The van der Waals surface area contributed by atoms with E-state index in [-0.39, 0.29) is 0 Å². The molecule has 7 heteroatoms. The van der Waals surface area contributed by atoms with Gasteiger partial charge in [0.15, 0.2) is 16.6 Å². The lowest BCUT2D eigenvalue weighted by Crippen LogP contribution is -1.99. The number of nitrogens with one attached hydrogen (secondary N) is 1. The van der Waals surface area contributed by atoms with Crippen LogP contribution < -0.4 is 0 Å². The van der Waals surface area contributed by atoms with E-state index in [0.29, 0.717) is 0 Å². The molecule has 3 aromatic heterocycles. The van der Waals surface area contributed by atoms with E-state index < -0.39 is 0 Å². The second-order valence-corrected chi connectivity index (χ2v) is 9.33. The summed E-state index contributed by atoms with van der Waals surface area (Å²) < 4.78 is 1.90. The molecule has 6 rings (SSSR count). The van der Waals surface area contributed by atoms with Crippen molar-refractivity contribution in [3.05, 3.63) is 101 Å². The normalized spacial score (nSPS) is 11.7. The Morgan fingerprint density at radius 3 is 2.52 bits per heavy atom. The number of aromatic nitrogens is 5. The number of fused-ring (bicyclic) bond motifs is 4. The van der Waals surface area contributed by atoms with Crippen molar-refractivity contribution in [2.75, 3.05) is 0 Å². The van der Waals surface area contributed by atoms with E-state index in [1.54, 1.807) is 11.8 Å². The van der Waals surface area contributed by atoms with Crippen LogP contribution in [0.25, 0.3) is 27.5 Å². The number of thioether (sulfide) groups is 1. The van der Waals surface area contributed by atoms with Crippen molar-refractivity contribution in [2.24, 2.45) is 0 Å². The van der Waals surface area contributed by atoms with E-state index in [0.717, 1.165) is 56.7 Å². The third-order valence-electron chi connectivity index (χ3n) is 5.77. The minimum atomic E-state index is 0.742. The molecule has 0 atom stereocenters. The number of halogens is 1. The van der Waals surface area contributed by atoms with Crippen molar-refractivity contribution in [2.45, 2.75) is 23.8 Å². The van der Waals surface area contributed by atoms with Gasteiger partial charge in [-0.15, -0.1) is 5.10 Å². The zero-order valence-corrected chi connectivity index (χ0v) is 19.3. The van der Waals surface area contributed by atoms with Crippen molar-refractivity contribution in [3.63, 3.8) is 0 Å². The van der Waals surface area contributed by atoms with Gasteiger partial charge in [-0.1, -0.05) is 65.8 Å². The monoisotopic (exact) mass is 469 g/mol. The maximum absolute atomic E-state index is 6.03. The molecule has 3 heterocycles. The van der Waals surface area contributed by atoms with Crippen LogP contribution in [0, 0.1) is 0 Å². The topological polar surface area (TPSA) is 58.9 Å². The lowest BCUT2D eigenvalue weighted by molar-refractivity contribution is 0.769. The van der Waals surface area contributed by atoms with Crippen LogP contribution in [0.4, 0.5) is 0 Å². The van der Waals surface area contributed by atoms with Gasteiger partial charge in [0, 0.05) is 39.7 Å². The summed E-state index contributed by atoms with van der Waals surface area (Å²) in [6, 6.07) is 24.4. The highest BCUT2D eigenvalue weighted by Gasteiger charge is 2.14. The molecule has 0 unspecified atom stereocenters. The van der Waals surface area contributed by atoms with E-state index in [4.69, 9.17) is 26.7 Å². The van der Waals surface area contributed by atoms with Crippen LogP contribution in [0.1, 0.15) is 17.0 Å². The van der Waals surface area contributed by atoms with Gasteiger partial charge in [0.2, 0.25) is 0 Å². The largest absolute Gasteiger partial charge is 0.361 e. The molecule has 0 aliphatic rings. The van der Waals surface area contributed by atoms with E-state index in [1.165, 1.54) is 16.5 Å². The fraction of sp³-hybridized carbons (Fsp3) is 0.115. The fourth-order valence-electron chi connectivity index (χ4n) is 4.09. The van der Waals surface area contributed by atoms with Crippen LogP contribution in [0.3, 0.4) is 0 Å². The Morgan fingerprint density at radius 2 is 1.64 bits per heavy atom. The average molecular weight is 470 g/mol. The molecule has 1 N–H and O–H groups in total. The third kappa shape index (κ3) is 3.96. The predicted molar refractivity (Wildman–Crippen MR) is 135 cm³/mol. The highest BCUT2D eigenvalue weighted by Crippen LogP contribution is 2.27. The second kappa shape index (κ2) is 8.54. The van der Waals surface area contributed by atoms with Gasteiger partial charge in [0.05, 0.1) is 5.52 Å². The number of aryl methyl sites for hydroxylation is 2. The molecule has 0 aliphatic heterocycles. The van der Waals surface area contributed by atoms with E-state index in [2.05, 4.69) is 35.4 Å². The van der Waals surface area contributed by atoms with E-state index in [1.807, 2.05) is 53.0 Å². The predicted octanol–water partition coefficient (Wildman–Crippen LogP) is 6.49. The molecule has 0 radical (unpaired) electrons. The Labute approximate surface area is 199 Å². The first-order valence-corrected chi connectivity index (χ1v) is 12.2. The molecule has 33 heavy (non-hydrogen) atoms. The summed E-state index contributed by atoms with van der Waals surface area (Å²) in [7, 11) is 0. The molecule has 0 fully saturated rings. The fourth-order valence-corrected chi connectivity index (χ4v) is 5.11. The molecular weight excluding hydrogens is 450 g/mol. The lowest BCUT2D eigenvalue weighted by atomic mass is 10.1. The highest BCUT2D eigenvalue weighted by atomic mass is 35.5. The molecule has 0 bridgehead atoms. The number of benzene rings is 3. The van der Waals surface area contributed by atoms with Gasteiger partial charge in [-0.05, 0) is 47.9 Å². The molecule has 6 aromatic rings. The Bertz CT molecular complexity index is 1590. The second-order valence-electron chi connectivity index (χ2n) is 7.95. The first kappa shape index (κ1) is 20.3. The van der Waals surface area contributed by atoms with Crippen LogP contribution in [0.15, 0.2) is 84.1 Å². The molecule has 0 spiro atoms.